The molecule has 0 radical (unpaired) electrons. The van der Waals surface area contributed by atoms with Crippen molar-refractivity contribution in [2.24, 2.45) is 0 Å². The first-order valence-corrected chi connectivity index (χ1v) is 7.31. The van der Waals surface area contributed by atoms with Crippen molar-refractivity contribution in [2.45, 2.75) is 20.8 Å². The standard InChI is InChI=1S/C17H21NO5/c1-5-22-16(20)13(17(21)23-6-2)11-15(19)18(4)14-10-8-7-9-12(14)3/h7-11H,5-6H2,1-4H3. The highest BCUT2D eigenvalue weighted by Crippen LogP contribution is 2.18. The molecule has 0 aromatic heterocycles. The Bertz CT molecular complexity index is 601. The van der Waals surface area contributed by atoms with E-state index in [-0.39, 0.29) is 13.2 Å². The number of amides is 1. The van der Waals surface area contributed by atoms with E-state index >= 15 is 0 Å². The zero-order chi connectivity index (χ0) is 17.4. The summed E-state index contributed by atoms with van der Waals surface area (Å²) in [6.07, 6.45) is 0.947. The van der Waals surface area contributed by atoms with Gasteiger partial charge in [0.05, 0.1) is 13.2 Å². The van der Waals surface area contributed by atoms with Gasteiger partial charge in [0.1, 0.15) is 5.57 Å². The smallest absolute Gasteiger partial charge is 0.345 e. The SMILES string of the molecule is CCOC(=O)C(=CC(=O)N(C)c1ccccc1C)C(=O)OCC. The molecule has 0 unspecified atom stereocenters. The zero-order valence-corrected chi connectivity index (χ0v) is 13.8. The van der Waals surface area contributed by atoms with Crippen molar-refractivity contribution in [3.63, 3.8) is 0 Å². The van der Waals surface area contributed by atoms with Crippen LogP contribution in [0.15, 0.2) is 35.9 Å². The first-order valence-electron chi connectivity index (χ1n) is 7.31. The summed E-state index contributed by atoms with van der Waals surface area (Å²) < 4.78 is 9.61. The lowest BCUT2D eigenvalue weighted by Gasteiger charge is -2.18. The van der Waals surface area contributed by atoms with Crippen molar-refractivity contribution in [3.05, 3.63) is 41.5 Å². The summed E-state index contributed by atoms with van der Waals surface area (Å²) in [5, 5.41) is 0. The molecule has 1 amide bonds. The number of benzene rings is 1. The second-order valence-electron chi connectivity index (χ2n) is 4.68. The highest BCUT2D eigenvalue weighted by atomic mass is 16.6. The molecule has 0 spiro atoms. The lowest BCUT2D eigenvalue weighted by atomic mass is 10.1. The topological polar surface area (TPSA) is 72.9 Å². The van der Waals surface area contributed by atoms with Gasteiger partial charge >= 0.3 is 11.9 Å². The number of anilines is 1. The molecule has 1 rings (SSSR count). The lowest BCUT2D eigenvalue weighted by molar-refractivity contribution is -0.146. The Morgan fingerprint density at radius 3 is 2.04 bits per heavy atom. The van der Waals surface area contributed by atoms with Gasteiger partial charge in [-0.3, -0.25) is 4.79 Å². The van der Waals surface area contributed by atoms with Crippen molar-refractivity contribution in [1.29, 1.82) is 0 Å². The Hall–Kier alpha value is -2.63. The number of rotatable bonds is 6. The Labute approximate surface area is 135 Å². The van der Waals surface area contributed by atoms with Gasteiger partial charge in [0.15, 0.2) is 0 Å². The van der Waals surface area contributed by atoms with Gasteiger partial charge in [-0.15, -0.1) is 0 Å². The Morgan fingerprint density at radius 1 is 1.04 bits per heavy atom. The van der Waals surface area contributed by atoms with E-state index in [1.54, 1.807) is 33.0 Å². The van der Waals surface area contributed by atoms with Crippen LogP contribution in [-0.4, -0.2) is 38.1 Å². The lowest BCUT2D eigenvalue weighted by Crippen LogP contribution is -2.28. The van der Waals surface area contributed by atoms with Crippen molar-refractivity contribution in [2.75, 3.05) is 25.2 Å². The Kier molecular flexibility index (Phi) is 6.99. The summed E-state index contributed by atoms with van der Waals surface area (Å²) in [6, 6.07) is 7.29. The number of hydrogen-bond acceptors (Lipinski definition) is 5. The fraction of sp³-hybridized carbons (Fsp3) is 0.353. The van der Waals surface area contributed by atoms with Gasteiger partial charge in [-0.05, 0) is 32.4 Å². The van der Waals surface area contributed by atoms with Crippen LogP contribution in [-0.2, 0) is 23.9 Å². The molecule has 0 N–H and O–H groups in total. The Balaban J connectivity index is 3.09. The second kappa shape index (κ2) is 8.73. The molecular weight excluding hydrogens is 298 g/mol. The highest BCUT2D eigenvalue weighted by Gasteiger charge is 2.24. The predicted molar refractivity (Wildman–Crippen MR) is 85.9 cm³/mol. The van der Waals surface area contributed by atoms with E-state index in [2.05, 4.69) is 0 Å². The number of para-hydroxylation sites is 1. The van der Waals surface area contributed by atoms with Crippen LogP contribution in [0.25, 0.3) is 0 Å². The van der Waals surface area contributed by atoms with E-state index in [9.17, 15) is 14.4 Å². The van der Waals surface area contributed by atoms with Gasteiger partial charge in [0.2, 0.25) is 0 Å². The molecule has 1 aromatic rings. The molecule has 6 heteroatoms. The van der Waals surface area contributed by atoms with E-state index in [0.29, 0.717) is 5.69 Å². The first-order chi connectivity index (χ1) is 10.9. The van der Waals surface area contributed by atoms with E-state index in [1.165, 1.54) is 4.90 Å². The van der Waals surface area contributed by atoms with Gasteiger partial charge in [-0.1, -0.05) is 18.2 Å². The molecule has 0 atom stereocenters. The molecule has 0 aliphatic heterocycles. The van der Waals surface area contributed by atoms with Crippen LogP contribution in [0.4, 0.5) is 5.69 Å². The van der Waals surface area contributed by atoms with E-state index in [0.717, 1.165) is 11.6 Å². The number of carbonyl (C=O) groups is 3. The van der Waals surface area contributed by atoms with Crippen LogP contribution >= 0.6 is 0 Å². The molecule has 23 heavy (non-hydrogen) atoms. The number of esters is 2. The summed E-state index contributed by atoms with van der Waals surface area (Å²) in [7, 11) is 1.56. The first kappa shape index (κ1) is 18.4. The van der Waals surface area contributed by atoms with E-state index < -0.39 is 23.4 Å². The van der Waals surface area contributed by atoms with Gasteiger partial charge in [0.25, 0.3) is 5.91 Å². The van der Waals surface area contributed by atoms with Crippen LogP contribution < -0.4 is 4.90 Å². The normalized spacial score (nSPS) is 9.74. The fourth-order valence-electron chi connectivity index (χ4n) is 1.90. The predicted octanol–water partition coefficient (Wildman–Crippen LogP) is 2.01. The van der Waals surface area contributed by atoms with Gasteiger partial charge < -0.3 is 14.4 Å². The third-order valence-electron chi connectivity index (χ3n) is 3.07. The van der Waals surface area contributed by atoms with Crippen LogP contribution in [0.2, 0.25) is 0 Å². The Morgan fingerprint density at radius 2 is 1.57 bits per heavy atom. The van der Waals surface area contributed by atoms with Crippen LogP contribution in [0.1, 0.15) is 19.4 Å². The maximum absolute atomic E-state index is 12.4. The minimum absolute atomic E-state index is 0.0946. The largest absolute Gasteiger partial charge is 0.462 e. The van der Waals surface area contributed by atoms with Gasteiger partial charge in [0, 0.05) is 18.8 Å². The third-order valence-corrected chi connectivity index (χ3v) is 3.07. The van der Waals surface area contributed by atoms with Crippen molar-refractivity contribution in [3.8, 4) is 0 Å². The maximum Gasteiger partial charge on any atom is 0.345 e. The molecule has 0 aliphatic carbocycles. The summed E-state index contributed by atoms with van der Waals surface area (Å²) in [4.78, 5) is 37.4. The minimum atomic E-state index is -0.877. The molecule has 0 bridgehead atoms. The number of ether oxygens (including phenoxy) is 2. The van der Waals surface area contributed by atoms with Gasteiger partial charge in [-0.2, -0.15) is 0 Å². The summed E-state index contributed by atoms with van der Waals surface area (Å²) in [6.45, 7) is 5.28. The number of aryl methyl sites for hydroxylation is 1. The molecule has 0 fully saturated rings. The zero-order valence-electron chi connectivity index (χ0n) is 13.8. The fourth-order valence-corrected chi connectivity index (χ4v) is 1.90. The van der Waals surface area contributed by atoms with Crippen LogP contribution in [0.5, 0.6) is 0 Å². The van der Waals surface area contributed by atoms with Crippen molar-refractivity contribution in [1.82, 2.24) is 0 Å². The minimum Gasteiger partial charge on any atom is -0.462 e. The summed E-state index contributed by atoms with van der Waals surface area (Å²) in [5.41, 5.74) is 1.16. The summed E-state index contributed by atoms with van der Waals surface area (Å²) in [5.74, 6) is -2.27. The number of nitrogens with zero attached hydrogens (tertiary/aromatic N) is 1. The molecular formula is C17H21NO5. The monoisotopic (exact) mass is 319 g/mol. The van der Waals surface area contributed by atoms with Gasteiger partial charge in [-0.25, -0.2) is 9.59 Å². The molecule has 1 aromatic carbocycles. The molecule has 0 aliphatic rings. The number of likely N-dealkylation sites (N-methyl/N-ethyl adjacent to an activating group) is 1. The molecule has 124 valence electrons. The van der Waals surface area contributed by atoms with E-state index in [4.69, 9.17) is 9.47 Å². The molecule has 6 nitrogen and oxygen atoms in total. The van der Waals surface area contributed by atoms with Crippen molar-refractivity contribution >= 4 is 23.5 Å². The highest BCUT2D eigenvalue weighted by molar-refractivity contribution is 6.19. The molecule has 0 saturated carbocycles. The number of hydrogen-bond donors (Lipinski definition) is 0. The average molecular weight is 319 g/mol. The van der Waals surface area contributed by atoms with Crippen molar-refractivity contribution < 1.29 is 23.9 Å². The van der Waals surface area contributed by atoms with Crippen LogP contribution in [0.3, 0.4) is 0 Å². The maximum atomic E-state index is 12.4. The molecule has 0 heterocycles. The quantitative estimate of drug-likeness (QED) is 0.347. The van der Waals surface area contributed by atoms with Crippen LogP contribution in [0, 0.1) is 6.92 Å². The average Bonchev–Trinajstić information content (AvgIpc) is 2.52. The molecule has 0 saturated heterocycles. The third kappa shape index (κ3) is 4.95. The van der Waals surface area contributed by atoms with E-state index in [1.807, 2.05) is 19.1 Å². The number of carbonyl (C=O) groups excluding carboxylic acids is 3. The second-order valence-corrected chi connectivity index (χ2v) is 4.68. The summed E-state index contributed by atoms with van der Waals surface area (Å²) >= 11 is 0.